The van der Waals surface area contributed by atoms with Gasteiger partial charge in [0.05, 0.1) is 0 Å². The highest BCUT2D eigenvalue weighted by Gasteiger charge is 2.01. The van der Waals surface area contributed by atoms with E-state index in [-0.39, 0.29) is 24.0 Å². The Morgan fingerprint density at radius 3 is 2.77 bits per heavy atom. The molecule has 0 radical (unpaired) electrons. The summed E-state index contributed by atoms with van der Waals surface area (Å²) in [6.07, 6.45) is 4.92. The summed E-state index contributed by atoms with van der Waals surface area (Å²) < 4.78 is 2.28. The second-order valence-corrected chi connectivity index (χ2v) is 6.15. The lowest BCUT2D eigenvalue weighted by Gasteiger charge is -2.12. The van der Waals surface area contributed by atoms with Crippen LogP contribution in [0.2, 0.25) is 5.15 Å². The molecule has 0 amide bonds. The number of guanidine groups is 1. The summed E-state index contributed by atoms with van der Waals surface area (Å²) in [7, 11) is 1.77. The van der Waals surface area contributed by atoms with E-state index >= 15 is 0 Å². The maximum atomic E-state index is 5.80. The van der Waals surface area contributed by atoms with Crippen molar-refractivity contribution in [2.45, 2.75) is 19.5 Å². The first-order chi connectivity index (χ1) is 12.3. The van der Waals surface area contributed by atoms with Gasteiger partial charge in [0.2, 0.25) is 0 Å². The highest BCUT2D eigenvalue weighted by Crippen LogP contribution is 2.15. The number of hydrogen-bond donors (Lipinski definition) is 2. The van der Waals surface area contributed by atoms with Gasteiger partial charge in [-0.05, 0) is 35.6 Å². The fourth-order valence-corrected chi connectivity index (χ4v) is 2.82. The van der Waals surface area contributed by atoms with Crippen LogP contribution in [-0.2, 0) is 13.1 Å². The molecular formula is C19H23ClIN5. The third kappa shape index (κ3) is 5.60. The monoisotopic (exact) mass is 483 g/mol. The number of hydrogen-bond acceptors (Lipinski definition) is 2. The Hall–Kier alpha value is -1.80. The molecular weight excluding hydrogens is 461 g/mol. The smallest absolute Gasteiger partial charge is 0.191 e. The van der Waals surface area contributed by atoms with Crippen LogP contribution in [0.25, 0.3) is 10.9 Å². The van der Waals surface area contributed by atoms with Crippen LogP contribution >= 0.6 is 35.6 Å². The van der Waals surface area contributed by atoms with Crippen molar-refractivity contribution in [2.75, 3.05) is 13.6 Å². The normalized spacial score (nSPS) is 11.2. The topological polar surface area (TPSA) is 54.2 Å². The minimum Gasteiger partial charge on any atom is -0.356 e. The predicted octanol–water partition coefficient (Wildman–Crippen LogP) is 4.06. The van der Waals surface area contributed by atoms with Gasteiger partial charge in [-0.3, -0.25) is 4.99 Å². The number of fused-ring (bicyclic) bond motifs is 1. The first-order valence-corrected chi connectivity index (χ1v) is 8.73. The molecule has 1 aromatic carbocycles. The van der Waals surface area contributed by atoms with Crippen LogP contribution in [0.4, 0.5) is 0 Å². The quantitative estimate of drug-likeness (QED) is 0.183. The van der Waals surface area contributed by atoms with Gasteiger partial charge in [0.15, 0.2) is 5.96 Å². The Labute approximate surface area is 175 Å². The van der Waals surface area contributed by atoms with Crippen molar-refractivity contribution in [1.82, 2.24) is 20.2 Å². The number of aliphatic imine (C=N–C) groups is 1. The zero-order valence-corrected chi connectivity index (χ0v) is 17.7. The SMILES string of the molecule is CN=C(NCCCn1ccc2ccccc21)NCc1ccc(Cl)nc1.I. The first-order valence-electron chi connectivity index (χ1n) is 8.35. The standard InChI is InChI=1S/C19H22ClN5.HI/c1-21-19(24-14-15-7-8-18(20)23-13-15)22-10-4-11-25-12-9-16-5-2-3-6-17(16)25;/h2-3,5-9,12-13H,4,10-11,14H2,1H3,(H2,21,22,24);1H. The maximum Gasteiger partial charge on any atom is 0.191 e. The van der Waals surface area contributed by atoms with Crippen LogP contribution < -0.4 is 10.6 Å². The lowest BCUT2D eigenvalue weighted by molar-refractivity contribution is 0.640. The van der Waals surface area contributed by atoms with Gasteiger partial charge in [0, 0.05) is 44.6 Å². The molecule has 2 N–H and O–H groups in total. The lowest BCUT2D eigenvalue weighted by Crippen LogP contribution is -2.37. The average molecular weight is 484 g/mol. The number of aryl methyl sites for hydroxylation is 1. The van der Waals surface area contributed by atoms with E-state index in [0.29, 0.717) is 11.7 Å². The number of nitrogens with zero attached hydrogens (tertiary/aromatic N) is 3. The van der Waals surface area contributed by atoms with Crippen molar-refractivity contribution in [3.63, 3.8) is 0 Å². The molecule has 0 bridgehead atoms. The molecule has 26 heavy (non-hydrogen) atoms. The molecule has 0 aliphatic rings. The summed E-state index contributed by atoms with van der Waals surface area (Å²) in [5.74, 6) is 0.785. The third-order valence-corrected chi connectivity index (χ3v) is 4.24. The predicted molar refractivity (Wildman–Crippen MR) is 119 cm³/mol. The molecule has 0 fully saturated rings. The van der Waals surface area contributed by atoms with E-state index in [0.717, 1.165) is 31.0 Å². The summed E-state index contributed by atoms with van der Waals surface area (Å²) in [6.45, 7) is 2.48. The lowest BCUT2D eigenvalue weighted by atomic mass is 10.2. The van der Waals surface area contributed by atoms with Crippen molar-refractivity contribution in [3.05, 3.63) is 65.6 Å². The van der Waals surface area contributed by atoms with Gasteiger partial charge in [-0.1, -0.05) is 35.9 Å². The summed E-state index contributed by atoms with van der Waals surface area (Å²) in [5.41, 5.74) is 2.34. The molecule has 7 heteroatoms. The zero-order valence-electron chi connectivity index (χ0n) is 14.7. The molecule has 0 atom stereocenters. The number of rotatable bonds is 6. The van der Waals surface area contributed by atoms with Crippen LogP contribution in [0.3, 0.4) is 0 Å². The largest absolute Gasteiger partial charge is 0.356 e. The highest BCUT2D eigenvalue weighted by atomic mass is 127. The Morgan fingerprint density at radius 1 is 1.15 bits per heavy atom. The van der Waals surface area contributed by atoms with E-state index in [1.807, 2.05) is 6.07 Å². The molecule has 3 rings (SSSR count). The van der Waals surface area contributed by atoms with Gasteiger partial charge in [0.25, 0.3) is 0 Å². The van der Waals surface area contributed by atoms with Gasteiger partial charge in [-0.15, -0.1) is 24.0 Å². The number of aromatic nitrogens is 2. The second-order valence-electron chi connectivity index (χ2n) is 5.76. The molecule has 138 valence electrons. The highest BCUT2D eigenvalue weighted by molar-refractivity contribution is 14.0. The molecule has 0 aliphatic heterocycles. The fraction of sp³-hybridized carbons (Fsp3) is 0.263. The minimum atomic E-state index is 0. The number of benzene rings is 1. The van der Waals surface area contributed by atoms with Crippen LogP contribution in [0.5, 0.6) is 0 Å². The molecule has 5 nitrogen and oxygen atoms in total. The Bertz CT molecular complexity index is 845. The Balaban J connectivity index is 0.00000243. The Kier molecular flexibility index (Phi) is 8.18. The van der Waals surface area contributed by atoms with Gasteiger partial charge >= 0.3 is 0 Å². The maximum absolute atomic E-state index is 5.80. The van der Waals surface area contributed by atoms with Crippen LogP contribution in [0.15, 0.2) is 59.9 Å². The number of nitrogens with one attached hydrogen (secondary N) is 2. The molecule has 2 aromatic heterocycles. The van der Waals surface area contributed by atoms with Crippen LogP contribution in [0.1, 0.15) is 12.0 Å². The molecule has 0 spiro atoms. The molecule has 2 heterocycles. The molecule has 0 aliphatic carbocycles. The summed E-state index contributed by atoms with van der Waals surface area (Å²) in [4.78, 5) is 8.32. The minimum absolute atomic E-state index is 0. The second kappa shape index (κ2) is 10.4. The van der Waals surface area contributed by atoms with Gasteiger partial charge in [-0.25, -0.2) is 4.98 Å². The fourth-order valence-electron chi connectivity index (χ4n) is 2.71. The van der Waals surface area contributed by atoms with Gasteiger partial charge in [0.1, 0.15) is 5.15 Å². The van der Waals surface area contributed by atoms with E-state index < -0.39 is 0 Å². The van der Waals surface area contributed by atoms with Crippen molar-refractivity contribution in [1.29, 1.82) is 0 Å². The molecule has 0 saturated heterocycles. The zero-order chi connectivity index (χ0) is 17.5. The molecule has 0 unspecified atom stereocenters. The van der Waals surface area contributed by atoms with E-state index in [1.54, 1.807) is 19.3 Å². The van der Waals surface area contributed by atoms with E-state index in [2.05, 4.69) is 61.7 Å². The van der Waals surface area contributed by atoms with Crippen LogP contribution in [-0.4, -0.2) is 29.1 Å². The van der Waals surface area contributed by atoms with Gasteiger partial charge in [-0.2, -0.15) is 0 Å². The van der Waals surface area contributed by atoms with Gasteiger partial charge < -0.3 is 15.2 Å². The number of pyridine rings is 1. The van der Waals surface area contributed by atoms with Crippen molar-refractivity contribution >= 4 is 52.4 Å². The molecule has 0 saturated carbocycles. The van der Waals surface area contributed by atoms with E-state index in [9.17, 15) is 0 Å². The number of halogens is 2. The number of para-hydroxylation sites is 1. The average Bonchev–Trinajstić information content (AvgIpc) is 3.06. The summed E-state index contributed by atoms with van der Waals surface area (Å²) in [6, 6.07) is 14.3. The third-order valence-electron chi connectivity index (χ3n) is 4.02. The van der Waals surface area contributed by atoms with Crippen LogP contribution in [0, 0.1) is 0 Å². The molecule has 3 aromatic rings. The van der Waals surface area contributed by atoms with E-state index in [1.165, 1.54) is 10.9 Å². The summed E-state index contributed by atoms with van der Waals surface area (Å²) in [5, 5.41) is 8.40. The van der Waals surface area contributed by atoms with E-state index in [4.69, 9.17) is 11.6 Å². The Morgan fingerprint density at radius 2 is 2.00 bits per heavy atom. The van der Waals surface area contributed by atoms with Crippen molar-refractivity contribution < 1.29 is 0 Å². The van der Waals surface area contributed by atoms with Crippen molar-refractivity contribution in [3.8, 4) is 0 Å². The van der Waals surface area contributed by atoms with Crippen molar-refractivity contribution in [2.24, 2.45) is 4.99 Å². The first kappa shape index (κ1) is 20.5. The summed E-state index contributed by atoms with van der Waals surface area (Å²) >= 11 is 5.80.